The van der Waals surface area contributed by atoms with E-state index in [1.807, 2.05) is 0 Å². The highest BCUT2D eigenvalue weighted by Crippen LogP contribution is 2.33. The Labute approximate surface area is 205 Å². The first-order chi connectivity index (χ1) is 16.5. The second-order valence-corrected chi connectivity index (χ2v) is 12.7. The van der Waals surface area contributed by atoms with Gasteiger partial charge in [-0.25, -0.2) is 9.37 Å². The monoisotopic (exact) mass is 501 g/mol. The van der Waals surface area contributed by atoms with Crippen LogP contribution in [0.4, 0.5) is 4.39 Å². The topological polar surface area (TPSA) is 98.9 Å². The van der Waals surface area contributed by atoms with Gasteiger partial charge in [0.15, 0.2) is 0 Å². The van der Waals surface area contributed by atoms with Crippen LogP contribution in [0.25, 0.3) is 11.0 Å². The van der Waals surface area contributed by atoms with Gasteiger partial charge in [-0.2, -0.15) is 17.6 Å². The fraction of sp³-hybridized carbons (Fsp3) is 0.560. The minimum absolute atomic E-state index is 0.0605. The van der Waals surface area contributed by atoms with E-state index in [-0.39, 0.29) is 27.8 Å². The summed E-state index contributed by atoms with van der Waals surface area (Å²) in [7, 11) is -3.99. The van der Waals surface area contributed by atoms with E-state index in [0.717, 1.165) is 47.7 Å². The highest BCUT2D eigenvalue weighted by molar-refractivity contribution is 7.89. The lowest BCUT2D eigenvalue weighted by Gasteiger charge is -2.27. The van der Waals surface area contributed by atoms with Gasteiger partial charge >= 0.3 is 0 Å². The van der Waals surface area contributed by atoms with Crippen molar-refractivity contribution in [1.29, 1.82) is 0 Å². The quantitative estimate of drug-likeness (QED) is 0.546. The molecule has 1 aromatic carbocycles. The highest BCUT2D eigenvalue weighted by atomic mass is 32.2. The Morgan fingerprint density at radius 3 is 2.51 bits per heavy atom. The molecule has 2 aromatic heterocycles. The van der Waals surface area contributed by atoms with Gasteiger partial charge in [0.25, 0.3) is 15.9 Å². The van der Waals surface area contributed by atoms with Crippen molar-refractivity contribution >= 4 is 27.0 Å². The van der Waals surface area contributed by atoms with Crippen LogP contribution in [0.3, 0.4) is 0 Å². The fourth-order valence-corrected chi connectivity index (χ4v) is 5.89. The number of nitrogens with zero attached hydrogens (tertiary/aromatic N) is 4. The van der Waals surface area contributed by atoms with Crippen molar-refractivity contribution in [3.8, 4) is 0 Å². The standard InChI is InChI=1S/C25H32FN5O3S/c1-25(2,3)24-29-21-12-20(10-11-22(21)30(24)14-16-4-6-18(26)7-5-16)35(33,34)31-15-17(13-27-31)23(32)28-19-8-9-19/h10-13,15-16,18-19H,4-9,14H2,1-3H3,(H,28,32). The van der Waals surface area contributed by atoms with Crippen molar-refractivity contribution in [2.24, 2.45) is 5.92 Å². The van der Waals surface area contributed by atoms with Crippen LogP contribution in [0, 0.1) is 5.92 Å². The molecule has 0 bridgehead atoms. The predicted octanol–water partition coefficient (Wildman–Crippen LogP) is 4.19. The van der Waals surface area contributed by atoms with E-state index in [9.17, 15) is 17.6 Å². The Kier molecular flexibility index (Phi) is 5.97. The third-order valence-corrected chi connectivity index (χ3v) is 8.43. The zero-order chi connectivity index (χ0) is 25.0. The average Bonchev–Trinajstić information content (AvgIpc) is 3.32. The van der Waals surface area contributed by atoms with E-state index >= 15 is 0 Å². The first kappa shape index (κ1) is 24.0. The first-order valence-corrected chi connectivity index (χ1v) is 13.7. The zero-order valence-corrected chi connectivity index (χ0v) is 21.2. The Bertz CT molecular complexity index is 1360. The summed E-state index contributed by atoms with van der Waals surface area (Å²) in [5.74, 6) is 0.926. The number of aromatic nitrogens is 4. The van der Waals surface area contributed by atoms with Crippen molar-refractivity contribution < 1.29 is 17.6 Å². The average molecular weight is 502 g/mol. The van der Waals surface area contributed by atoms with Gasteiger partial charge in [-0.15, -0.1) is 0 Å². The maximum atomic E-state index is 13.7. The maximum absolute atomic E-state index is 13.7. The van der Waals surface area contributed by atoms with Crippen LogP contribution in [-0.4, -0.2) is 45.3 Å². The number of amides is 1. The zero-order valence-electron chi connectivity index (χ0n) is 20.4. The molecule has 0 radical (unpaired) electrons. The third kappa shape index (κ3) is 4.85. The number of carbonyl (C=O) groups excluding carboxylic acids is 1. The first-order valence-electron chi connectivity index (χ1n) is 12.3. The van der Waals surface area contributed by atoms with Crippen LogP contribution < -0.4 is 5.32 Å². The molecule has 3 aromatic rings. The van der Waals surface area contributed by atoms with Gasteiger partial charge in [-0.05, 0) is 62.6 Å². The van der Waals surface area contributed by atoms with Gasteiger partial charge < -0.3 is 9.88 Å². The van der Waals surface area contributed by atoms with Crippen LogP contribution in [0.15, 0.2) is 35.5 Å². The Balaban J connectivity index is 1.47. The van der Waals surface area contributed by atoms with E-state index in [1.54, 1.807) is 18.2 Å². The van der Waals surface area contributed by atoms with Gasteiger partial charge in [0.1, 0.15) is 12.0 Å². The molecular formula is C25H32FN5O3S. The van der Waals surface area contributed by atoms with Gasteiger partial charge in [-0.1, -0.05) is 20.8 Å². The molecule has 2 aliphatic rings. The van der Waals surface area contributed by atoms with Crippen molar-refractivity contribution in [3.05, 3.63) is 42.0 Å². The molecule has 0 atom stereocenters. The molecule has 0 spiro atoms. The van der Waals surface area contributed by atoms with Crippen molar-refractivity contribution in [2.45, 2.75) is 88.4 Å². The number of imidazole rings is 1. The molecule has 0 unspecified atom stereocenters. The molecule has 1 amide bonds. The number of hydrogen-bond donors (Lipinski definition) is 1. The summed E-state index contributed by atoms with van der Waals surface area (Å²) in [6.45, 7) is 6.98. The summed E-state index contributed by atoms with van der Waals surface area (Å²) >= 11 is 0. The highest BCUT2D eigenvalue weighted by Gasteiger charge is 2.29. The summed E-state index contributed by atoms with van der Waals surface area (Å²) in [6, 6.07) is 5.09. The number of fused-ring (bicyclic) bond motifs is 1. The van der Waals surface area contributed by atoms with Gasteiger partial charge in [0, 0.05) is 18.0 Å². The van der Waals surface area contributed by atoms with Crippen LogP contribution in [-0.2, 0) is 22.0 Å². The molecular weight excluding hydrogens is 469 g/mol. The molecule has 10 heteroatoms. The molecule has 2 aliphatic carbocycles. The molecule has 35 heavy (non-hydrogen) atoms. The van der Waals surface area contributed by atoms with Gasteiger partial charge in [-0.3, -0.25) is 4.79 Å². The van der Waals surface area contributed by atoms with Crippen molar-refractivity contribution in [2.75, 3.05) is 0 Å². The van der Waals surface area contributed by atoms with Crippen molar-refractivity contribution in [1.82, 2.24) is 24.1 Å². The number of hydrogen-bond acceptors (Lipinski definition) is 5. The molecule has 0 aliphatic heterocycles. The SMILES string of the molecule is CC(C)(C)c1nc2cc(S(=O)(=O)n3cc(C(=O)NC4CC4)cn3)ccc2n1CC1CCC(F)CC1. The minimum Gasteiger partial charge on any atom is -0.349 e. The largest absolute Gasteiger partial charge is 0.349 e. The summed E-state index contributed by atoms with van der Waals surface area (Å²) in [6.07, 6.45) is 6.56. The number of halogens is 1. The number of alkyl halides is 1. The second-order valence-electron chi connectivity index (χ2n) is 10.9. The number of rotatable bonds is 6. The summed E-state index contributed by atoms with van der Waals surface area (Å²) in [5, 5.41) is 6.79. The molecule has 1 N–H and O–H groups in total. The van der Waals surface area contributed by atoms with Crippen LogP contribution in [0.1, 0.15) is 75.5 Å². The molecule has 0 saturated heterocycles. The summed E-state index contributed by atoms with van der Waals surface area (Å²) in [5.41, 5.74) is 1.42. The lowest BCUT2D eigenvalue weighted by molar-refractivity contribution is 0.0951. The molecule has 2 heterocycles. The lowest BCUT2D eigenvalue weighted by Crippen LogP contribution is -2.25. The Morgan fingerprint density at radius 2 is 1.86 bits per heavy atom. The van der Waals surface area contributed by atoms with E-state index < -0.39 is 16.2 Å². The van der Waals surface area contributed by atoms with Gasteiger partial charge in [0.2, 0.25) is 0 Å². The number of nitrogens with one attached hydrogen (secondary N) is 1. The predicted molar refractivity (Wildman–Crippen MR) is 131 cm³/mol. The number of benzene rings is 1. The van der Waals surface area contributed by atoms with E-state index in [4.69, 9.17) is 4.98 Å². The molecule has 5 rings (SSSR count). The van der Waals surface area contributed by atoms with Crippen molar-refractivity contribution in [3.63, 3.8) is 0 Å². The Hall–Kier alpha value is -2.75. The van der Waals surface area contributed by atoms with Crippen LogP contribution >= 0.6 is 0 Å². The van der Waals surface area contributed by atoms with Gasteiger partial charge in [0.05, 0.1) is 33.9 Å². The van der Waals surface area contributed by atoms with Crippen LogP contribution in [0.2, 0.25) is 0 Å². The third-order valence-electron chi connectivity index (χ3n) is 6.89. The number of carbonyl (C=O) groups is 1. The maximum Gasteiger partial charge on any atom is 0.283 e. The lowest BCUT2D eigenvalue weighted by atomic mass is 9.87. The normalized spacial score (nSPS) is 21.4. The summed E-state index contributed by atoms with van der Waals surface area (Å²) < 4.78 is 43.2. The molecule has 8 nitrogen and oxygen atoms in total. The van der Waals surface area contributed by atoms with E-state index in [0.29, 0.717) is 24.3 Å². The Morgan fingerprint density at radius 1 is 1.14 bits per heavy atom. The molecule has 2 fully saturated rings. The summed E-state index contributed by atoms with van der Waals surface area (Å²) in [4.78, 5) is 17.2. The van der Waals surface area contributed by atoms with E-state index in [2.05, 4.69) is 35.8 Å². The van der Waals surface area contributed by atoms with E-state index in [1.165, 1.54) is 12.4 Å². The molecule has 2 saturated carbocycles. The smallest absolute Gasteiger partial charge is 0.283 e. The van der Waals surface area contributed by atoms with Crippen LogP contribution in [0.5, 0.6) is 0 Å². The second kappa shape index (κ2) is 8.72. The molecule has 188 valence electrons. The fourth-order valence-electron chi connectivity index (χ4n) is 4.75. The minimum atomic E-state index is -3.99.